The maximum absolute atomic E-state index is 6.17. The van der Waals surface area contributed by atoms with Gasteiger partial charge in [-0.15, -0.1) is 0 Å². The Morgan fingerprint density at radius 2 is 1.75 bits per heavy atom. The van der Waals surface area contributed by atoms with Gasteiger partial charge in [0.25, 0.3) is 0 Å². The van der Waals surface area contributed by atoms with Gasteiger partial charge in [0.1, 0.15) is 5.15 Å². The predicted molar refractivity (Wildman–Crippen MR) is 83.5 cm³/mol. The number of aromatic nitrogens is 1. The predicted octanol–water partition coefficient (Wildman–Crippen LogP) is 3.23. The summed E-state index contributed by atoms with van der Waals surface area (Å²) in [6.45, 7) is 12.5. The van der Waals surface area contributed by atoms with Crippen molar-refractivity contribution < 1.29 is 9.31 Å². The van der Waals surface area contributed by atoms with Gasteiger partial charge in [0.15, 0.2) is 0 Å². The molecule has 1 fully saturated rings. The number of pyridine rings is 1. The van der Waals surface area contributed by atoms with Crippen LogP contribution in [0, 0.1) is 5.92 Å². The number of nitrogens with zero attached hydrogens (tertiary/aromatic N) is 1. The van der Waals surface area contributed by atoms with Gasteiger partial charge in [-0.2, -0.15) is 0 Å². The van der Waals surface area contributed by atoms with Crippen molar-refractivity contribution in [2.45, 2.75) is 59.2 Å². The van der Waals surface area contributed by atoms with Gasteiger partial charge in [0.2, 0.25) is 0 Å². The molecule has 20 heavy (non-hydrogen) atoms. The minimum absolute atomic E-state index is 0.338. The van der Waals surface area contributed by atoms with Crippen LogP contribution in [0.4, 0.5) is 0 Å². The van der Waals surface area contributed by atoms with Crippen molar-refractivity contribution in [3.63, 3.8) is 0 Å². The van der Waals surface area contributed by atoms with Crippen LogP contribution >= 0.6 is 11.6 Å². The zero-order chi connectivity index (χ0) is 15.1. The smallest absolute Gasteiger partial charge is 0.399 e. The van der Waals surface area contributed by atoms with Crippen molar-refractivity contribution in [3.8, 4) is 0 Å². The first-order chi connectivity index (χ1) is 9.12. The Hall–Kier alpha value is -0.575. The van der Waals surface area contributed by atoms with Crippen LogP contribution in [0.25, 0.3) is 0 Å². The van der Waals surface area contributed by atoms with E-state index in [4.69, 9.17) is 20.9 Å². The Kier molecular flexibility index (Phi) is 4.21. The summed E-state index contributed by atoms with van der Waals surface area (Å²) in [5.74, 6) is 0.530. The van der Waals surface area contributed by atoms with E-state index in [-0.39, 0.29) is 18.3 Å². The van der Waals surface area contributed by atoms with Crippen LogP contribution in [0.15, 0.2) is 12.3 Å². The Morgan fingerprint density at radius 1 is 1.20 bits per heavy atom. The van der Waals surface area contributed by atoms with Crippen LogP contribution in [-0.4, -0.2) is 23.3 Å². The molecule has 0 saturated carbocycles. The minimum atomic E-state index is -0.379. The molecular weight excluding hydrogens is 272 g/mol. The highest BCUT2D eigenvalue weighted by atomic mass is 35.5. The lowest BCUT2D eigenvalue weighted by molar-refractivity contribution is 0.00578. The first-order valence-electron chi connectivity index (χ1n) is 7.12. The maximum atomic E-state index is 6.17. The minimum Gasteiger partial charge on any atom is -0.399 e. The standard InChI is InChI=1S/C15H23BClNO2/c1-10(2)7-11-8-12(9-18-13(11)17)16-19-14(3,4)15(5,6)20-16/h8-10H,7H2,1-6H3. The number of hydrogen-bond donors (Lipinski definition) is 0. The Balaban J connectivity index is 2.27. The molecule has 2 heterocycles. The molecule has 0 unspecified atom stereocenters. The second kappa shape index (κ2) is 5.32. The van der Waals surface area contributed by atoms with Gasteiger partial charge in [-0.1, -0.05) is 31.5 Å². The molecule has 5 heteroatoms. The topological polar surface area (TPSA) is 31.4 Å². The van der Waals surface area contributed by atoms with Crippen molar-refractivity contribution in [1.29, 1.82) is 0 Å². The van der Waals surface area contributed by atoms with E-state index >= 15 is 0 Å². The summed E-state index contributed by atoms with van der Waals surface area (Å²) in [6.07, 6.45) is 2.65. The summed E-state index contributed by atoms with van der Waals surface area (Å²) in [6, 6.07) is 2.05. The quantitative estimate of drug-likeness (QED) is 0.634. The summed E-state index contributed by atoms with van der Waals surface area (Å²) in [7, 11) is -0.379. The Labute approximate surface area is 127 Å². The zero-order valence-electron chi connectivity index (χ0n) is 13.2. The van der Waals surface area contributed by atoms with Crippen LogP contribution in [0.2, 0.25) is 5.15 Å². The molecule has 0 spiro atoms. The molecule has 1 aromatic heterocycles. The molecule has 1 aliphatic rings. The second-order valence-electron chi connectivity index (χ2n) is 6.90. The van der Waals surface area contributed by atoms with E-state index in [0.29, 0.717) is 11.1 Å². The summed E-state index contributed by atoms with van der Waals surface area (Å²) < 4.78 is 12.1. The third-order valence-corrected chi connectivity index (χ3v) is 4.43. The van der Waals surface area contributed by atoms with Gasteiger partial charge in [-0.25, -0.2) is 4.98 Å². The average molecular weight is 296 g/mol. The first kappa shape index (κ1) is 15.8. The number of hydrogen-bond acceptors (Lipinski definition) is 3. The van der Waals surface area contributed by atoms with Gasteiger partial charge in [-0.05, 0) is 45.6 Å². The molecule has 0 aromatic carbocycles. The van der Waals surface area contributed by atoms with E-state index in [0.717, 1.165) is 17.4 Å². The van der Waals surface area contributed by atoms with Gasteiger partial charge >= 0.3 is 7.12 Å². The van der Waals surface area contributed by atoms with E-state index < -0.39 is 0 Å². The summed E-state index contributed by atoms with van der Waals surface area (Å²) >= 11 is 6.17. The highest BCUT2D eigenvalue weighted by Gasteiger charge is 2.51. The van der Waals surface area contributed by atoms with E-state index in [1.165, 1.54) is 0 Å². The lowest BCUT2D eigenvalue weighted by atomic mass is 9.79. The lowest BCUT2D eigenvalue weighted by Crippen LogP contribution is -2.41. The number of halogens is 1. The van der Waals surface area contributed by atoms with Crippen molar-refractivity contribution >= 4 is 24.2 Å². The highest BCUT2D eigenvalue weighted by Crippen LogP contribution is 2.36. The van der Waals surface area contributed by atoms with Crippen LogP contribution < -0.4 is 5.46 Å². The van der Waals surface area contributed by atoms with Crippen LogP contribution in [0.3, 0.4) is 0 Å². The van der Waals surface area contributed by atoms with Crippen LogP contribution in [-0.2, 0) is 15.7 Å². The molecule has 0 amide bonds. The molecule has 0 aliphatic carbocycles. The molecule has 110 valence electrons. The molecule has 3 nitrogen and oxygen atoms in total. The molecule has 1 saturated heterocycles. The van der Waals surface area contributed by atoms with Gasteiger partial charge in [-0.3, -0.25) is 0 Å². The molecule has 0 radical (unpaired) electrons. The monoisotopic (exact) mass is 295 g/mol. The number of rotatable bonds is 3. The van der Waals surface area contributed by atoms with Gasteiger partial charge in [0, 0.05) is 11.7 Å². The highest BCUT2D eigenvalue weighted by molar-refractivity contribution is 6.62. The summed E-state index contributed by atoms with van der Waals surface area (Å²) in [5, 5.41) is 0.568. The SMILES string of the molecule is CC(C)Cc1cc(B2OC(C)(C)C(C)(C)O2)cnc1Cl. The largest absolute Gasteiger partial charge is 0.496 e. The maximum Gasteiger partial charge on any atom is 0.496 e. The van der Waals surface area contributed by atoms with E-state index in [1.807, 2.05) is 27.7 Å². The fourth-order valence-electron chi connectivity index (χ4n) is 2.20. The molecule has 1 aliphatic heterocycles. The average Bonchev–Trinajstić information content (AvgIpc) is 2.50. The van der Waals surface area contributed by atoms with Crippen molar-refractivity contribution in [1.82, 2.24) is 4.98 Å². The lowest BCUT2D eigenvalue weighted by Gasteiger charge is -2.32. The summed E-state index contributed by atoms with van der Waals surface area (Å²) in [4.78, 5) is 4.28. The molecule has 0 N–H and O–H groups in total. The fraction of sp³-hybridized carbons (Fsp3) is 0.667. The fourth-order valence-corrected chi connectivity index (χ4v) is 2.38. The van der Waals surface area contributed by atoms with E-state index in [1.54, 1.807) is 6.20 Å². The van der Waals surface area contributed by atoms with E-state index in [2.05, 4.69) is 24.9 Å². The molecule has 0 atom stereocenters. The van der Waals surface area contributed by atoms with Crippen molar-refractivity contribution in [2.75, 3.05) is 0 Å². The second-order valence-corrected chi connectivity index (χ2v) is 7.26. The Bertz CT molecular complexity index is 487. The van der Waals surface area contributed by atoms with Crippen molar-refractivity contribution in [3.05, 3.63) is 23.0 Å². The van der Waals surface area contributed by atoms with Gasteiger partial charge < -0.3 is 9.31 Å². The molecular formula is C15H23BClNO2. The van der Waals surface area contributed by atoms with Crippen molar-refractivity contribution in [2.24, 2.45) is 5.92 Å². The molecule has 2 rings (SSSR count). The molecule has 1 aromatic rings. The Morgan fingerprint density at radius 3 is 2.25 bits per heavy atom. The van der Waals surface area contributed by atoms with Crippen LogP contribution in [0.5, 0.6) is 0 Å². The van der Waals surface area contributed by atoms with E-state index in [9.17, 15) is 0 Å². The zero-order valence-corrected chi connectivity index (χ0v) is 13.9. The first-order valence-corrected chi connectivity index (χ1v) is 7.50. The molecule has 0 bridgehead atoms. The third-order valence-electron chi connectivity index (χ3n) is 4.09. The third kappa shape index (κ3) is 3.02. The van der Waals surface area contributed by atoms with Crippen LogP contribution in [0.1, 0.15) is 47.1 Å². The van der Waals surface area contributed by atoms with Gasteiger partial charge in [0.05, 0.1) is 11.2 Å². The summed E-state index contributed by atoms with van der Waals surface area (Å²) in [5.41, 5.74) is 1.31. The normalized spacial score (nSPS) is 20.7.